The molecule has 1 rings (SSSR count). The van der Waals surface area contributed by atoms with E-state index < -0.39 is 0 Å². The van der Waals surface area contributed by atoms with E-state index >= 15 is 0 Å². The van der Waals surface area contributed by atoms with Gasteiger partial charge in [0.1, 0.15) is 0 Å². The van der Waals surface area contributed by atoms with Gasteiger partial charge in [-0.2, -0.15) is 0 Å². The van der Waals surface area contributed by atoms with E-state index in [1.807, 2.05) is 6.08 Å². The van der Waals surface area contributed by atoms with Gasteiger partial charge in [-0.25, -0.2) is 0 Å². The average Bonchev–Trinajstić information content (AvgIpc) is 2.31. The molecule has 0 radical (unpaired) electrons. The van der Waals surface area contributed by atoms with Gasteiger partial charge in [0.2, 0.25) is 0 Å². The first-order valence-corrected chi connectivity index (χ1v) is 5.75. The smallest absolute Gasteiger partial charge is 0.0208 e. The van der Waals surface area contributed by atoms with Crippen LogP contribution in [0.15, 0.2) is 43.0 Å². The third kappa shape index (κ3) is 4.80. The van der Waals surface area contributed by atoms with Crippen molar-refractivity contribution in [1.29, 1.82) is 0 Å². The molecule has 0 aromatic heterocycles. The van der Waals surface area contributed by atoms with E-state index in [4.69, 9.17) is 0 Å². The van der Waals surface area contributed by atoms with Crippen molar-refractivity contribution in [3.63, 3.8) is 0 Å². The summed E-state index contributed by atoms with van der Waals surface area (Å²) in [5, 5.41) is 3.57. The molecule has 0 spiro atoms. The quantitative estimate of drug-likeness (QED) is 0.669. The first kappa shape index (κ1) is 12.0. The van der Waals surface area contributed by atoms with Gasteiger partial charge in [0, 0.05) is 12.6 Å². The van der Waals surface area contributed by atoms with Crippen molar-refractivity contribution in [3.05, 3.63) is 48.6 Å². The van der Waals surface area contributed by atoms with E-state index in [9.17, 15) is 0 Å². The Kier molecular flexibility index (Phi) is 5.79. The van der Waals surface area contributed by atoms with Gasteiger partial charge < -0.3 is 5.32 Å². The second-order valence-electron chi connectivity index (χ2n) is 3.84. The molecule has 0 saturated heterocycles. The molecule has 1 atom stereocenters. The molecule has 15 heavy (non-hydrogen) atoms. The van der Waals surface area contributed by atoms with E-state index in [0.29, 0.717) is 6.04 Å². The average molecular weight is 203 g/mol. The van der Waals surface area contributed by atoms with Crippen LogP contribution >= 0.6 is 0 Å². The fourth-order valence-corrected chi connectivity index (χ4v) is 1.63. The Morgan fingerprint density at radius 2 is 2.07 bits per heavy atom. The first-order chi connectivity index (χ1) is 7.36. The van der Waals surface area contributed by atoms with Gasteiger partial charge in [-0.1, -0.05) is 43.3 Å². The Hall–Kier alpha value is -1.08. The van der Waals surface area contributed by atoms with Gasteiger partial charge in [0.15, 0.2) is 0 Å². The fraction of sp³-hybridized carbons (Fsp3) is 0.429. The van der Waals surface area contributed by atoms with Gasteiger partial charge >= 0.3 is 0 Å². The van der Waals surface area contributed by atoms with E-state index in [2.05, 4.69) is 49.2 Å². The number of benzene rings is 1. The highest BCUT2D eigenvalue weighted by Crippen LogP contribution is 2.04. The first-order valence-electron chi connectivity index (χ1n) is 5.75. The molecule has 1 nitrogen and oxygen atoms in total. The highest BCUT2D eigenvalue weighted by Gasteiger charge is 2.03. The van der Waals surface area contributed by atoms with Crippen molar-refractivity contribution in [2.24, 2.45) is 0 Å². The van der Waals surface area contributed by atoms with Crippen LogP contribution in [-0.4, -0.2) is 6.04 Å². The third-order valence-electron chi connectivity index (χ3n) is 2.65. The van der Waals surface area contributed by atoms with E-state index in [1.54, 1.807) is 0 Å². The van der Waals surface area contributed by atoms with Crippen LogP contribution < -0.4 is 5.32 Å². The number of hydrogen-bond donors (Lipinski definition) is 1. The summed E-state index contributed by atoms with van der Waals surface area (Å²) < 4.78 is 0. The van der Waals surface area contributed by atoms with E-state index in [0.717, 1.165) is 13.0 Å². The summed E-state index contributed by atoms with van der Waals surface area (Å²) in [7, 11) is 0. The summed E-state index contributed by atoms with van der Waals surface area (Å²) >= 11 is 0. The Labute approximate surface area is 93.2 Å². The molecular formula is C14H21N. The highest BCUT2D eigenvalue weighted by atomic mass is 14.9. The minimum absolute atomic E-state index is 0.614. The van der Waals surface area contributed by atoms with Gasteiger partial charge in [0.25, 0.3) is 0 Å². The maximum Gasteiger partial charge on any atom is 0.0208 e. The van der Waals surface area contributed by atoms with Crippen LogP contribution in [0.5, 0.6) is 0 Å². The Bertz CT molecular complexity index is 266. The number of nitrogens with one attached hydrogen (secondary N) is 1. The summed E-state index contributed by atoms with van der Waals surface area (Å²) in [5.74, 6) is 0. The SMILES string of the molecule is C=CCCC(CC)NCc1ccccc1. The Morgan fingerprint density at radius 3 is 2.67 bits per heavy atom. The van der Waals surface area contributed by atoms with Gasteiger partial charge in [-0.15, -0.1) is 6.58 Å². The molecule has 0 saturated carbocycles. The minimum atomic E-state index is 0.614. The molecule has 1 aromatic carbocycles. The Balaban J connectivity index is 2.31. The van der Waals surface area contributed by atoms with Crippen molar-refractivity contribution in [3.8, 4) is 0 Å². The Morgan fingerprint density at radius 1 is 1.33 bits per heavy atom. The standard InChI is InChI=1S/C14H21N/c1-3-5-11-14(4-2)15-12-13-9-7-6-8-10-13/h3,6-10,14-15H,1,4-5,11-12H2,2H3. The maximum atomic E-state index is 3.76. The summed E-state index contributed by atoms with van der Waals surface area (Å²) in [6.45, 7) is 6.95. The van der Waals surface area contributed by atoms with E-state index in [1.165, 1.54) is 18.4 Å². The van der Waals surface area contributed by atoms with Crippen LogP contribution in [0.1, 0.15) is 31.7 Å². The summed E-state index contributed by atoms with van der Waals surface area (Å²) in [4.78, 5) is 0. The molecule has 0 bridgehead atoms. The third-order valence-corrected chi connectivity index (χ3v) is 2.65. The normalized spacial score (nSPS) is 12.3. The van der Waals surface area contributed by atoms with Gasteiger partial charge in [-0.05, 0) is 24.8 Å². The zero-order valence-corrected chi connectivity index (χ0v) is 9.58. The number of allylic oxidation sites excluding steroid dienone is 1. The van der Waals surface area contributed by atoms with Gasteiger partial charge in [-0.3, -0.25) is 0 Å². The summed E-state index contributed by atoms with van der Waals surface area (Å²) in [6, 6.07) is 11.2. The van der Waals surface area contributed by atoms with Crippen LogP contribution in [0.3, 0.4) is 0 Å². The summed E-state index contributed by atoms with van der Waals surface area (Å²) in [5.41, 5.74) is 1.36. The molecule has 1 unspecified atom stereocenters. The van der Waals surface area contributed by atoms with Crippen molar-refractivity contribution in [2.75, 3.05) is 0 Å². The monoisotopic (exact) mass is 203 g/mol. The largest absolute Gasteiger partial charge is 0.310 e. The predicted octanol–water partition coefficient (Wildman–Crippen LogP) is 3.52. The molecule has 82 valence electrons. The van der Waals surface area contributed by atoms with Crippen LogP contribution in [0.2, 0.25) is 0 Å². The van der Waals surface area contributed by atoms with E-state index in [-0.39, 0.29) is 0 Å². The molecule has 0 fully saturated rings. The van der Waals surface area contributed by atoms with Crippen molar-refractivity contribution < 1.29 is 0 Å². The lowest BCUT2D eigenvalue weighted by Gasteiger charge is -2.15. The number of rotatable bonds is 7. The molecule has 1 aromatic rings. The fourth-order valence-electron chi connectivity index (χ4n) is 1.63. The molecule has 0 aliphatic carbocycles. The van der Waals surface area contributed by atoms with Crippen molar-refractivity contribution in [2.45, 2.75) is 38.8 Å². The molecule has 0 amide bonds. The van der Waals surface area contributed by atoms with Crippen molar-refractivity contribution in [1.82, 2.24) is 5.32 Å². The van der Waals surface area contributed by atoms with Crippen molar-refractivity contribution >= 4 is 0 Å². The predicted molar refractivity (Wildman–Crippen MR) is 66.8 cm³/mol. The molecular weight excluding hydrogens is 182 g/mol. The summed E-state index contributed by atoms with van der Waals surface area (Å²) in [6.07, 6.45) is 5.46. The topological polar surface area (TPSA) is 12.0 Å². The second kappa shape index (κ2) is 7.24. The second-order valence-corrected chi connectivity index (χ2v) is 3.84. The molecule has 1 heteroatoms. The molecule has 1 N–H and O–H groups in total. The lowest BCUT2D eigenvalue weighted by Crippen LogP contribution is -2.27. The van der Waals surface area contributed by atoms with Crippen LogP contribution in [0, 0.1) is 0 Å². The minimum Gasteiger partial charge on any atom is -0.310 e. The zero-order valence-electron chi connectivity index (χ0n) is 9.58. The highest BCUT2D eigenvalue weighted by molar-refractivity contribution is 5.14. The van der Waals surface area contributed by atoms with Crippen LogP contribution in [0.4, 0.5) is 0 Å². The lowest BCUT2D eigenvalue weighted by atomic mass is 10.1. The number of hydrogen-bond acceptors (Lipinski definition) is 1. The lowest BCUT2D eigenvalue weighted by molar-refractivity contribution is 0.470. The van der Waals surface area contributed by atoms with Crippen LogP contribution in [0.25, 0.3) is 0 Å². The van der Waals surface area contributed by atoms with Gasteiger partial charge in [0.05, 0.1) is 0 Å². The van der Waals surface area contributed by atoms with Crippen LogP contribution in [-0.2, 0) is 6.54 Å². The molecule has 0 aliphatic heterocycles. The zero-order chi connectivity index (χ0) is 10.9. The molecule has 0 heterocycles. The molecule has 0 aliphatic rings. The maximum absolute atomic E-state index is 3.76.